The Kier molecular flexibility index (Phi) is 6.05. The lowest BCUT2D eigenvalue weighted by molar-refractivity contribution is -0.384. The summed E-state index contributed by atoms with van der Waals surface area (Å²) in [7, 11) is 0. The van der Waals surface area contributed by atoms with E-state index in [4.69, 9.17) is 9.15 Å². The highest BCUT2D eigenvalue weighted by atomic mass is 32.2. The summed E-state index contributed by atoms with van der Waals surface area (Å²) in [4.78, 5) is 22.3. The number of ether oxygens (including phenoxy) is 1. The van der Waals surface area contributed by atoms with Gasteiger partial charge in [0.05, 0.1) is 10.7 Å². The molecule has 0 atom stereocenters. The van der Waals surface area contributed by atoms with Gasteiger partial charge >= 0.3 is 0 Å². The van der Waals surface area contributed by atoms with Crippen LogP contribution in [0.4, 0.5) is 5.69 Å². The maximum atomic E-state index is 12.2. The average molecular weight is 399 g/mol. The van der Waals surface area contributed by atoms with Crippen molar-refractivity contribution in [1.82, 2.24) is 10.2 Å². The quantitative estimate of drug-likeness (QED) is 0.241. The molecule has 3 aromatic rings. The number of aryl methyl sites for hydroxylation is 2. The molecule has 0 bridgehead atoms. The highest BCUT2D eigenvalue weighted by molar-refractivity contribution is 7.99. The molecule has 1 aromatic heterocycles. The molecule has 0 saturated carbocycles. The van der Waals surface area contributed by atoms with E-state index in [2.05, 4.69) is 16.3 Å². The molecular weight excluding hydrogens is 382 g/mol. The van der Waals surface area contributed by atoms with E-state index in [1.807, 2.05) is 26.0 Å². The van der Waals surface area contributed by atoms with Crippen LogP contribution in [-0.4, -0.2) is 26.7 Å². The zero-order valence-corrected chi connectivity index (χ0v) is 16.1. The normalized spacial score (nSPS) is 10.6. The molecule has 0 spiro atoms. The van der Waals surface area contributed by atoms with Crippen molar-refractivity contribution >= 4 is 23.2 Å². The van der Waals surface area contributed by atoms with Gasteiger partial charge in [-0.05, 0) is 49.2 Å². The van der Waals surface area contributed by atoms with Gasteiger partial charge in [-0.15, -0.1) is 10.2 Å². The Bertz CT molecular complexity index is 981. The van der Waals surface area contributed by atoms with Crippen molar-refractivity contribution in [2.24, 2.45) is 0 Å². The van der Waals surface area contributed by atoms with Crippen LogP contribution < -0.4 is 4.74 Å². The molecule has 2 aromatic carbocycles. The van der Waals surface area contributed by atoms with Crippen molar-refractivity contribution in [2.75, 3.05) is 5.75 Å². The SMILES string of the molecule is Cc1cc(C)cc(OCc2nnc(SCC(=O)c3ccc([N+](=O)[O-])cc3)o2)c1. The number of non-ortho nitro benzene ring substituents is 1. The number of hydrogen-bond acceptors (Lipinski definition) is 8. The maximum absolute atomic E-state index is 12.2. The molecule has 0 saturated heterocycles. The molecule has 144 valence electrons. The first kappa shape index (κ1) is 19.6. The number of ketones is 1. The summed E-state index contributed by atoms with van der Waals surface area (Å²) >= 11 is 1.10. The Labute approximate surface area is 165 Å². The van der Waals surface area contributed by atoms with E-state index in [-0.39, 0.29) is 29.1 Å². The van der Waals surface area contributed by atoms with Gasteiger partial charge in [0.25, 0.3) is 16.8 Å². The Hall–Kier alpha value is -3.20. The van der Waals surface area contributed by atoms with Gasteiger partial charge in [-0.25, -0.2) is 0 Å². The van der Waals surface area contributed by atoms with Gasteiger partial charge < -0.3 is 9.15 Å². The van der Waals surface area contributed by atoms with Crippen LogP contribution in [0.1, 0.15) is 27.4 Å². The highest BCUT2D eigenvalue weighted by Gasteiger charge is 2.13. The Morgan fingerprint density at radius 1 is 1.14 bits per heavy atom. The van der Waals surface area contributed by atoms with Gasteiger partial charge in [0.15, 0.2) is 12.4 Å². The van der Waals surface area contributed by atoms with E-state index in [1.165, 1.54) is 24.3 Å². The highest BCUT2D eigenvalue weighted by Crippen LogP contribution is 2.21. The minimum absolute atomic E-state index is 0.0606. The molecule has 9 heteroatoms. The molecule has 0 radical (unpaired) electrons. The van der Waals surface area contributed by atoms with Crippen molar-refractivity contribution in [2.45, 2.75) is 25.7 Å². The third-order valence-corrected chi connectivity index (χ3v) is 4.55. The van der Waals surface area contributed by atoms with Gasteiger partial charge in [-0.3, -0.25) is 14.9 Å². The van der Waals surface area contributed by atoms with Crippen molar-refractivity contribution in [3.8, 4) is 5.75 Å². The van der Waals surface area contributed by atoms with Crippen molar-refractivity contribution in [3.05, 3.63) is 75.2 Å². The number of carbonyl (C=O) groups excluding carboxylic acids is 1. The van der Waals surface area contributed by atoms with E-state index >= 15 is 0 Å². The zero-order valence-electron chi connectivity index (χ0n) is 15.2. The number of hydrogen-bond donors (Lipinski definition) is 0. The molecule has 0 aliphatic rings. The maximum Gasteiger partial charge on any atom is 0.277 e. The lowest BCUT2D eigenvalue weighted by Gasteiger charge is -2.05. The van der Waals surface area contributed by atoms with Crippen LogP contribution in [0.3, 0.4) is 0 Å². The number of aromatic nitrogens is 2. The van der Waals surface area contributed by atoms with Gasteiger partial charge in [-0.2, -0.15) is 0 Å². The molecule has 0 aliphatic carbocycles. The van der Waals surface area contributed by atoms with Crippen molar-refractivity contribution < 1.29 is 18.9 Å². The number of nitro groups is 1. The van der Waals surface area contributed by atoms with Gasteiger partial charge in [0, 0.05) is 17.7 Å². The molecule has 1 heterocycles. The molecular formula is C19H17N3O5S. The number of Topliss-reactive ketones (excluding diaryl/α,β-unsaturated/α-hetero) is 1. The number of thioether (sulfide) groups is 1. The fourth-order valence-electron chi connectivity index (χ4n) is 2.50. The second-order valence-corrected chi connectivity index (χ2v) is 7.02. The molecule has 0 fully saturated rings. The van der Waals surface area contributed by atoms with E-state index < -0.39 is 4.92 Å². The topological polar surface area (TPSA) is 108 Å². The third kappa shape index (κ3) is 5.17. The van der Waals surface area contributed by atoms with Crippen LogP contribution in [0.5, 0.6) is 5.75 Å². The first-order valence-electron chi connectivity index (χ1n) is 8.34. The summed E-state index contributed by atoms with van der Waals surface area (Å²) < 4.78 is 11.1. The lowest BCUT2D eigenvalue weighted by Crippen LogP contribution is -2.02. The Morgan fingerprint density at radius 3 is 2.46 bits per heavy atom. The molecule has 0 amide bonds. The van der Waals surface area contributed by atoms with Gasteiger partial charge in [0.1, 0.15) is 5.75 Å². The van der Waals surface area contributed by atoms with E-state index in [1.54, 1.807) is 0 Å². The lowest BCUT2D eigenvalue weighted by atomic mass is 10.1. The number of nitrogens with zero attached hydrogens (tertiary/aromatic N) is 3. The monoisotopic (exact) mass is 399 g/mol. The van der Waals surface area contributed by atoms with Gasteiger partial charge in [0.2, 0.25) is 0 Å². The van der Waals surface area contributed by atoms with Crippen molar-refractivity contribution in [3.63, 3.8) is 0 Å². The Balaban J connectivity index is 1.52. The minimum atomic E-state index is -0.511. The fourth-order valence-corrected chi connectivity index (χ4v) is 3.17. The molecule has 8 nitrogen and oxygen atoms in total. The summed E-state index contributed by atoms with van der Waals surface area (Å²) in [5, 5.41) is 18.7. The summed E-state index contributed by atoms with van der Waals surface area (Å²) in [6, 6.07) is 11.3. The summed E-state index contributed by atoms with van der Waals surface area (Å²) in [6.07, 6.45) is 0. The molecule has 0 N–H and O–H groups in total. The standard InChI is InChI=1S/C19H17N3O5S/c1-12-7-13(2)9-16(8-12)26-10-18-20-21-19(27-18)28-11-17(23)14-3-5-15(6-4-14)22(24)25/h3-9H,10-11H2,1-2H3. The van der Waals surface area contributed by atoms with Gasteiger partial charge in [-0.1, -0.05) is 17.8 Å². The molecule has 28 heavy (non-hydrogen) atoms. The Morgan fingerprint density at radius 2 is 1.82 bits per heavy atom. The number of nitro benzene ring substituents is 1. The van der Waals surface area contributed by atoms with E-state index in [0.29, 0.717) is 11.5 Å². The van der Waals surface area contributed by atoms with Crippen LogP contribution >= 0.6 is 11.8 Å². The van der Waals surface area contributed by atoms with Crippen LogP contribution in [0.2, 0.25) is 0 Å². The number of rotatable bonds is 8. The smallest absolute Gasteiger partial charge is 0.277 e. The zero-order chi connectivity index (χ0) is 20.1. The van der Waals surface area contributed by atoms with Crippen LogP contribution in [-0.2, 0) is 6.61 Å². The average Bonchev–Trinajstić information content (AvgIpc) is 3.12. The predicted octanol–water partition coefficient (Wildman–Crippen LogP) is 4.15. The molecule has 0 unspecified atom stereocenters. The second kappa shape index (κ2) is 8.66. The summed E-state index contributed by atoms with van der Waals surface area (Å²) in [5.74, 6) is 0.922. The molecule has 0 aliphatic heterocycles. The first-order valence-corrected chi connectivity index (χ1v) is 9.33. The number of carbonyl (C=O) groups is 1. The summed E-state index contributed by atoms with van der Waals surface area (Å²) in [5.41, 5.74) is 2.52. The minimum Gasteiger partial charge on any atom is -0.484 e. The third-order valence-electron chi connectivity index (χ3n) is 3.73. The van der Waals surface area contributed by atoms with Crippen LogP contribution in [0.15, 0.2) is 52.1 Å². The van der Waals surface area contributed by atoms with E-state index in [9.17, 15) is 14.9 Å². The second-order valence-electron chi connectivity index (χ2n) is 6.09. The van der Waals surface area contributed by atoms with Crippen molar-refractivity contribution in [1.29, 1.82) is 0 Å². The predicted molar refractivity (Wildman–Crippen MR) is 103 cm³/mol. The summed E-state index contributed by atoms with van der Waals surface area (Å²) in [6.45, 7) is 4.11. The van der Waals surface area contributed by atoms with E-state index in [0.717, 1.165) is 28.6 Å². The van der Waals surface area contributed by atoms with Crippen LogP contribution in [0, 0.1) is 24.0 Å². The molecule has 3 rings (SSSR count). The fraction of sp³-hybridized carbons (Fsp3) is 0.211. The largest absolute Gasteiger partial charge is 0.484 e. The van der Waals surface area contributed by atoms with Crippen LogP contribution in [0.25, 0.3) is 0 Å². The number of benzene rings is 2. The first-order chi connectivity index (χ1) is 13.4.